The molecule has 0 aliphatic carbocycles. The Balaban J connectivity index is 1.48. The zero-order chi connectivity index (χ0) is 23.8. The number of H-pyrrole nitrogens is 1. The average molecular weight is 471 g/mol. The quantitative estimate of drug-likeness (QED) is 0.164. The smallest absolute Gasteiger partial charge is 0.242 e. The molecule has 0 atom stereocenters. The van der Waals surface area contributed by atoms with Gasteiger partial charge in [0.25, 0.3) is 0 Å². The van der Waals surface area contributed by atoms with Crippen LogP contribution in [0, 0.1) is 0 Å². The Labute approximate surface area is 205 Å². The van der Waals surface area contributed by atoms with E-state index in [9.17, 15) is 0 Å². The molecule has 0 saturated heterocycles. The highest BCUT2D eigenvalue weighted by Gasteiger charge is 2.16. The topological polar surface area (TPSA) is 37.9 Å². The molecule has 4 heteroatoms. The highest BCUT2D eigenvalue weighted by Crippen LogP contribution is 2.23. The van der Waals surface area contributed by atoms with Crippen LogP contribution in [0.25, 0.3) is 11.3 Å². The molecule has 0 spiro atoms. The van der Waals surface area contributed by atoms with Gasteiger partial charge in [0.2, 0.25) is 8.32 Å². The van der Waals surface area contributed by atoms with Crippen LogP contribution >= 0.6 is 0 Å². The first-order chi connectivity index (χ1) is 16.0. The summed E-state index contributed by atoms with van der Waals surface area (Å²) in [4.78, 5) is 8.10. The minimum absolute atomic E-state index is 0.968. The lowest BCUT2D eigenvalue weighted by Gasteiger charge is -2.19. The first-order valence-electron chi connectivity index (χ1n) is 13.8. The van der Waals surface area contributed by atoms with Crippen molar-refractivity contribution in [2.24, 2.45) is 0 Å². The first-order valence-corrected chi connectivity index (χ1v) is 17.2. The number of hydrogen-bond donors (Lipinski definition) is 1. The van der Waals surface area contributed by atoms with Crippen LogP contribution in [0.2, 0.25) is 19.6 Å². The number of aryl methyl sites for hydroxylation is 1. The molecule has 0 fully saturated rings. The number of aromatic nitrogens is 2. The van der Waals surface area contributed by atoms with E-state index in [1.807, 2.05) is 6.20 Å². The third-order valence-electron chi connectivity index (χ3n) is 6.23. The lowest BCUT2D eigenvalue weighted by molar-refractivity contribution is 0.531. The molecule has 0 unspecified atom stereocenters. The Morgan fingerprint density at radius 1 is 0.697 bits per heavy atom. The minimum Gasteiger partial charge on any atom is -0.544 e. The van der Waals surface area contributed by atoms with Crippen molar-refractivity contribution in [1.82, 2.24) is 9.97 Å². The van der Waals surface area contributed by atoms with E-state index in [1.165, 1.54) is 102 Å². The number of benzene rings is 1. The monoisotopic (exact) mass is 470 g/mol. The maximum absolute atomic E-state index is 6.05. The van der Waals surface area contributed by atoms with E-state index in [4.69, 9.17) is 4.43 Å². The van der Waals surface area contributed by atoms with Crippen LogP contribution in [-0.4, -0.2) is 18.3 Å². The molecule has 1 heterocycles. The van der Waals surface area contributed by atoms with Gasteiger partial charge in [-0.1, -0.05) is 96.8 Å². The molecule has 1 aromatic heterocycles. The third-order valence-corrected chi connectivity index (χ3v) is 7.08. The standard InChI is InChI=1S/C29H50N2OSi/c1-5-6-7-8-9-10-11-12-13-14-15-16-17-18-19-20-29-30-25-28(31-29)26-21-23-27(24-22-26)32-33(2,3)4/h21-25H,5-20H2,1-4H3,(H,30,31). The normalized spacial score (nSPS) is 11.8. The summed E-state index contributed by atoms with van der Waals surface area (Å²) in [6.45, 7) is 8.92. The van der Waals surface area contributed by atoms with Crippen LogP contribution in [0.3, 0.4) is 0 Å². The van der Waals surface area contributed by atoms with E-state index in [0.717, 1.165) is 23.7 Å². The number of hydrogen-bond acceptors (Lipinski definition) is 2. The fourth-order valence-corrected chi connectivity index (χ4v) is 5.20. The average Bonchev–Trinajstić information content (AvgIpc) is 3.25. The van der Waals surface area contributed by atoms with Crippen molar-refractivity contribution in [2.75, 3.05) is 0 Å². The Hall–Kier alpha value is -1.55. The van der Waals surface area contributed by atoms with Crippen molar-refractivity contribution in [2.45, 2.75) is 129 Å². The van der Waals surface area contributed by atoms with Gasteiger partial charge in [0.1, 0.15) is 11.6 Å². The molecule has 0 amide bonds. The van der Waals surface area contributed by atoms with Crippen molar-refractivity contribution in [3.8, 4) is 17.0 Å². The fourth-order valence-electron chi connectivity index (χ4n) is 4.36. The van der Waals surface area contributed by atoms with E-state index in [-0.39, 0.29) is 0 Å². The molecule has 186 valence electrons. The van der Waals surface area contributed by atoms with Crippen LogP contribution in [0.1, 0.15) is 109 Å². The van der Waals surface area contributed by atoms with Gasteiger partial charge in [-0.2, -0.15) is 0 Å². The second-order valence-corrected chi connectivity index (χ2v) is 15.1. The van der Waals surface area contributed by atoms with Gasteiger partial charge in [-0.15, -0.1) is 0 Å². The largest absolute Gasteiger partial charge is 0.544 e. The van der Waals surface area contributed by atoms with Gasteiger partial charge in [-0.05, 0) is 55.9 Å². The van der Waals surface area contributed by atoms with E-state index in [0.29, 0.717) is 0 Å². The molecule has 0 aliphatic rings. The maximum atomic E-state index is 6.05. The Bertz CT molecular complexity index is 733. The summed E-state index contributed by atoms with van der Waals surface area (Å²) < 4.78 is 6.05. The highest BCUT2D eigenvalue weighted by molar-refractivity contribution is 6.70. The number of aromatic amines is 1. The van der Waals surface area contributed by atoms with Crippen molar-refractivity contribution in [3.05, 3.63) is 36.3 Å². The van der Waals surface area contributed by atoms with Crippen LogP contribution in [0.5, 0.6) is 5.75 Å². The second-order valence-electron chi connectivity index (χ2n) is 10.7. The van der Waals surface area contributed by atoms with Crippen molar-refractivity contribution in [3.63, 3.8) is 0 Å². The van der Waals surface area contributed by atoms with Crippen LogP contribution in [0.4, 0.5) is 0 Å². The van der Waals surface area contributed by atoms with Gasteiger partial charge in [0.05, 0.1) is 11.9 Å². The summed E-state index contributed by atoms with van der Waals surface area (Å²) in [5.41, 5.74) is 2.28. The van der Waals surface area contributed by atoms with E-state index < -0.39 is 8.32 Å². The summed E-state index contributed by atoms with van der Waals surface area (Å²) in [5.74, 6) is 2.08. The molecule has 2 rings (SSSR count). The van der Waals surface area contributed by atoms with Gasteiger partial charge in [-0.25, -0.2) is 4.98 Å². The lowest BCUT2D eigenvalue weighted by Crippen LogP contribution is -2.29. The van der Waals surface area contributed by atoms with Gasteiger partial charge in [0.15, 0.2) is 0 Å². The fraction of sp³-hybridized carbons (Fsp3) is 0.690. The predicted molar refractivity (Wildman–Crippen MR) is 147 cm³/mol. The molecule has 3 nitrogen and oxygen atoms in total. The summed E-state index contributed by atoms with van der Waals surface area (Å²) in [5, 5.41) is 0. The van der Waals surface area contributed by atoms with Crippen LogP contribution in [0.15, 0.2) is 30.5 Å². The summed E-state index contributed by atoms with van der Waals surface area (Å²) in [6.07, 6.45) is 24.1. The van der Waals surface area contributed by atoms with E-state index in [2.05, 4.69) is 60.8 Å². The molecule has 0 aliphatic heterocycles. The zero-order valence-corrected chi connectivity index (χ0v) is 23.1. The Kier molecular flexibility index (Phi) is 13.5. The number of nitrogens with zero attached hydrogens (tertiary/aromatic N) is 1. The summed E-state index contributed by atoms with van der Waals surface area (Å²) in [6, 6.07) is 8.40. The number of unbranched alkanes of at least 4 members (excludes halogenated alkanes) is 14. The minimum atomic E-state index is -1.55. The van der Waals surface area contributed by atoms with Crippen molar-refractivity contribution >= 4 is 8.32 Å². The molecule has 2 aromatic rings. The summed E-state index contributed by atoms with van der Waals surface area (Å²) >= 11 is 0. The summed E-state index contributed by atoms with van der Waals surface area (Å²) in [7, 11) is -1.55. The zero-order valence-electron chi connectivity index (χ0n) is 22.1. The SMILES string of the molecule is CCCCCCCCCCCCCCCCCc1ncc(-c2ccc(O[Si](C)(C)C)cc2)[nH]1. The third kappa shape index (κ3) is 13.1. The number of nitrogens with one attached hydrogen (secondary N) is 1. The van der Waals surface area contributed by atoms with Gasteiger partial charge in [-0.3, -0.25) is 0 Å². The molecular weight excluding hydrogens is 420 g/mol. The molecule has 0 bridgehead atoms. The van der Waals surface area contributed by atoms with Gasteiger partial charge in [0, 0.05) is 6.42 Å². The highest BCUT2D eigenvalue weighted by atomic mass is 28.4. The van der Waals surface area contributed by atoms with Crippen molar-refractivity contribution < 1.29 is 4.43 Å². The molecule has 0 saturated carbocycles. The van der Waals surface area contributed by atoms with Crippen LogP contribution < -0.4 is 4.43 Å². The second kappa shape index (κ2) is 16.1. The molecule has 1 aromatic carbocycles. The van der Waals surface area contributed by atoms with Gasteiger partial charge < -0.3 is 9.41 Å². The van der Waals surface area contributed by atoms with Crippen LogP contribution in [-0.2, 0) is 6.42 Å². The Morgan fingerprint density at radius 3 is 1.67 bits per heavy atom. The molecule has 33 heavy (non-hydrogen) atoms. The number of rotatable bonds is 19. The van der Waals surface area contributed by atoms with Gasteiger partial charge >= 0.3 is 0 Å². The Morgan fingerprint density at radius 2 is 1.18 bits per heavy atom. The van der Waals surface area contributed by atoms with E-state index in [1.54, 1.807) is 0 Å². The molecule has 0 radical (unpaired) electrons. The van der Waals surface area contributed by atoms with Crippen molar-refractivity contribution in [1.29, 1.82) is 0 Å². The molecule has 1 N–H and O–H groups in total. The predicted octanol–water partition coefficient (Wildman–Crippen LogP) is 9.70. The van der Waals surface area contributed by atoms with E-state index >= 15 is 0 Å². The molecular formula is C29H50N2OSi. The first kappa shape index (κ1) is 27.7. The maximum Gasteiger partial charge on any atom is 0.242 e. The lowest BCUT2D eigenvalue weighted by atomic mass is 10.0. The number of imidazole rings is 1.